The zero-order valence-corrected chi connectivity index (χ0v) is 16.7. The summed E-state index contributed by atoms with van der Waals surface area (Å²) in [5, 5.41) is 7.32. The van der Waals surface area contributed by atoms with E-state index in [9.17, 15) is 13.2 Å². The fraction of sp³-hybridized carbons (Fsp3) is 0.450. The van der Waals surface area contributed by atoms with E-state index in [4.69, 9.17) is 11.6 Å². The van der Waals surface area contributed by atoms with Crippen molar-refractivity contribution >= 4 is 28.9 Å². The molecule has 5 nitrogen and oxygen atoms in total. The molecule has 1 aliphatic rings. The van der Waals surface area contributed by atoms with E-state index >= 15 is 0 Å². The number of halogens is 4. The number of alkyl halides is 3. The van der Waals surface area contributed by atoms with Crippen molar-refractivity contribution < 1.29 is 13.2 Å². The molecule has 3 aromatic rings. The van der Waals surface area contributed by atoms with E-state index in [1.807, 2.05) is 0 Å². The second-order valence-electron chi connectivity index (χ2n) is 7.51. The molecule has 0 atom stereocenters. The second kappa shape index (κ2) is 7.82. The largest absolute Gasteiger partial charge is 0.416 e. The first-order chi connectivity index (χ1) is 13.8. The zero-order chi connectivity index (χ0) is 20.6. The van der Waals surface area contributed by atoms with Crippen molar-refractivity contribution in [3.8, 4) is 0 Å². The van der Waals surface area contributed by atoms with Gasteiger partial charge in [0.1, 0.15) is 5.82 Å². The van der Waals surface area contributed by atoms with Crippen LogP contribution in [0.5, 0.6) is 0 Å². The lowest BCUT2D eigenvalue weighted by atomic mass is 10.1. The van der Waals surface area contributed by atoms with Crippen molar-refractivity contribution in [1.29, 1.82) is 0 Å². The number of nitrogens with one attached hydrogen (secondary N) is 1. The Morgan fingerprint density at radius 2 is 2.00 bits per heavy atom. The molecule has 0 saturated heterocycles. The van der Waals surface area contributed by atoms with E-state index < -0.39 is 11.7 Å². The summed E-state index contributed by atoms with van der Waals surface area (Å²) in [6.07, 6.45) is 4.50. The fourth-order valence-electron chi connectivity index (χ4n) is 3.35. The number of aryl methyl sites for hydroxylation is 2. The molecule has 1 saturated carbocycles. The molecule has 29 heavy (non-hydrogen) atoms. The van der Waals surface area contributed by atoms with E-state index in [1.165, 1.54) is 31.7 Å². The van der Waals surface area contributed by atoms with Gasteiger partial charge in [-0.3, -0.25) is 0 Å². The topological polar surface area (TPSA) is 55.1 Å². The Morgan fingerprint density at radius 1 is 1.21 bits per heavy atom. The molecule has 2 aromatic heterocycles. The standard InChI is InChI=1S/C20H21ClF3N5/c1-12-26-18-14(5-3-2-4-13-6-7-13)11-25-29(18)19(27-12)28-17-9-8-15(10-16(17)21)20(22,23)24/h8-11,13H,2-7H2,1H3,(H,26,27,28). The number of benzene rings is 1. The van der Waals surface area contributed by atoms with Gasteiger partial charge in [-0.2, -0.15) is 27.8 Å². The average molecular weight is 424 g/mol. The van der Waals surface area contributed by atoms with Crippen LogP contribution in [-0.2, 0) is 12.6 Å². The van der Waals surface area contributed by atoms with Crippen LogP contribution in [0.1, 0.15) is 49.1 Å². The highest BCUT2D eigenvalue weighted by atomic mass is 35.5. The Bertz CT molecular complexity index is 1030. The van der Waals surface area contributed by atoms with E-state index in [0.717, 1.165) is 36.5 Å². The summed E-state index contributed by atoms with van der Waals surface area (Å²) in [4.78, 5) is 8.85. The van der Waals surface area contributed by atoms with Gasteiger partial charge in [0.15, 0.2) is 5.65 Å². The number of aromatic nitrogens is 4. The minimum Gasteiger partial charge on any atom is -0.323 e. The molecule has 0 amide bonds. The third-order valence-corrected chi connectivity index (χ3v) is 5.41. The maximum Gasteiger partial charge on any atom is 0.416 e. The van der Waals surface area contributed by atoms with Gasteiger partial charge in [0, 0.05) is 5.56 Å². The highest BCUT2D eigenvalue weighted by Crippen LogP contribution is 2.35. The third-order valence-electron chi connectivity index (χ3n) is 5.10. The first kappa shape index (κ1) is 19.9. The summed E-state index contributed by atoms with van der Waals surface area (Å²) in [7, 11) is 0. The summed E-state index contributed by atoms with van der Waals surface area (Å²) in [6.45, 7) is 1.77. The van der Waals surface area contributed by atoms with Crippen LogP contribution in [-0.4, -0.2) is 19.6 Å². The molecule has 1 fully saturated rings. The van der Waals surface area contributed by atoms with Crippen LogP contribution >= 0.6 is 11.6 Å². The van der Waals surface area contributed by atoms with Crippen molar-refractivity contribution in [1.82, 2.24) is 19.6 Å². The fourth-order valence-corrected chi connectivity index (χ4v) is 3.58. The number of nitrogens with zero attached hydrogens (tertiary/aromatic N) is 4. The summed E-state index contributed by atoms with van der Waals surface area (Å²) in [5.41, 5.74) is 1.26. The van der Waals surface area contributed by atoms with Gasteiger partial charge in [0.05, 0.1) is 22.5 Å². The van der Waals surface area contributed by atoms with Crippen molar-refractivity contribution in [2.24, 2.45) is 5.92 Å². The van der Waals surface area contributed by atoms with E-state index in [2.05, 4.69) is 20.4 Å². The van der Waals surface area contributed by atoms with Gasteiger partial charge in [-0.1, -0.05) is 37.3 Å². The summed E-state index contributed by atoms with van der Waals surface area (Å²) in [5.74, 6) is 1.83. The highest BCUT2D eigenvalue weighted by molar-refractivity contribution is 6.33. The molecular weight excluding hydrogens is 403 g/mol. The molecular formula is C20H21ClF3N5. The summed E-state index contributed by atoms with van der Waals surface area (Å²) >= 11 is 6.06. The molecule has 0 aliphatic heterocycles. The SMILES string of the molecule is Cc1nc(Nc2ccc(C(F)(F)F)cc2Cl)n2ncc(CCCCC3CC3)c2n1. The lowest BCUT2D eigenvalue weighted by molar-refractivity contribution is -0.137. The first-order valence-electron chi connectivity index (χ1n) is 9.66. The Kier molecular flexibility index (Phi) is 5.38. The number of rotatable bonds is 7. The van der Waals surface area contributed by atoms with Crippen LogP contribution in [0.15, 0.2) is 24.4 Å². The highest BCUT2D eigenvalue weighted by Gasteiger charge is 2.31. The van der Waals surface area contributed by atoms with Gasteiger partial charge in [0.25, 0.3) is 0 Å². The minimum absolute atomic E-state index is 0.0447. The van der Waals surface area contributed by atoms with Gasteiger partial charge < -0.3 is 5.32 Å². The van der Waals surface area contributed by atoms with Crippen LogP contribution in [0.25, 0.3) is 5.65 Å². The number of anilines is 2. The molecule has 154 valence electrons. The maximum atomic E-state index is 12.9. The Hall–Kier alpha value is -2.35. The molecule has 0 spiro atoms. The van der Waals surface area contributed by atoms with Crippen molar-refractivity contribution in [2.45, 2.75) is 51.6 Å². The second-order valence-corrected chi connectivity index (χ2v) is 7.91. The molecule has 1 aromatic carbocycles. The molecule has 0 radical (unpaired) electrons. The van der Waals surface area contributed by atoms with Gasteiger partial charge in [-0.05, 0) is 43.9 Å². The number of unbranched alkanes of at least 4 members (excludes halogenated alkanes) is 1. The number of hydrogen-bond donors (Lipinski definition) is 1. The quantitative estimate of drug-likeness (QED) is 0.475. The molecule has 1 N–H and O–H groups in total. The Morgan fingerprint density at radius 3 is 2.69 bits per heavy atom. The smallest absolute Gasteiger partial charge is 0.323 e. The predicted octanol–water partition coefficient (Wildman–Crippen LogP) is 5.97. The molecule has 4 rings (SSSR count). The van der Waals surface area contributed by atoms with Gasteiger partial charge in [0.2, 0.25) is 5.95 Å². The minimum atomic E-state index is -4.45. The summed E-state index contributed by atoms with van der Waals surface area (Å²) in [6, 6.07) is 3.16. The lowest BCUT2D eigenvalue weighted by Gasteiger charge is -2.12. The molecule has 1 aliphatic carbocycles. The Labute approximate surface area is 171 Å². The summed E-state index contributed by atoms with van der Waals surface area (Å²) < 4.78 is 40.1. The monoisotopic (exact) mass is 423 g/mol. The molecule has 2 heterocycles. The van der Waals surface area contributed by atoms with Crippen LogP contribution in [0.4, 0.5) is 24.8 Å². The van der Waals surface area contributed by atoms with E-state index in [1.54, 1.807) is 17.6 Å². The van der Waals surface area contributed by atoms with Crippen molar-refractivity contribution in [3.63, 3.8) is 0 Å². The van der Waals surface area contributed by atoms with Crippen LogP contribution < -0.4 is 5.32 Å². The molecule has 9 heteroatoms. The van der Waals surface area contributed by atoms with Gasteiger partial charge >= 0.3 is 6.18 Å². The first-order valence-corrected chi connectivity index (χ1v) is 10.0. The average Bonchev–Trinajstić information content (AvgIpc) is 3.39. The van der Waals surface area contributed by atoms with Gasteiger partial charge in [-0.15, -0.1) is 0 Å². The molecule has 0 unspecified atom stereocenters. The molecule has 0 bridgehead atoms. The lowest BCUT2D eigenvalue weighted by Crippen LogP contribution is -2.08. The third kappa shape index (κ3) is 4.63. The maximum absolute atomic E-state index is 12.9. The van der Waals surface area contributed by atoms with E-state index in [-0.39, 0.29) is 5.02 Å². The van der Waals surface area contributed by atoms with Crippen LogP contribution in [0.3, 0.4) is 0 Å². The Balaban J connectivity index is 1.55. The predicted molar refractivity (Wildman–Crippen MR) is 106 cm³/mol. The van der Waals surface area contributed by atoms with Crippen LogP contribution in [0, 0.1) is 12.8 Å². The number of hydrogen-bond acceptors (Lipinski definition) is 4. The normalized spacial score (nSPS) is 14.5. The van der Waals surface area contributed by atoms with Crippen LogP contribution in [0.2, 0.25) is 5.02 Å². The van der Waals surface area contributed by atoms with E-state index in [0.29, 0.717) is 23.1 Å². The van der Waals surface area contributed by atoms with Gasteiger partial charge in [-0.25, -0.2) is 4.98 Å². The van der Waals surface area contributed by atoms with Crippen molar-refractivity contribution in [2.75, 3.05) is 5.32 Å². The van der Waals surface area contributed by atoms with Crippen molar-refractivity contribution in [3.05, 3.63) is 46.4 Å². The zero-order valence-electron chi connectivity index (χ0n) is 15.9. The number of fused-ring (bicyclic) bond motifs is 1.